The largest absolute Gasteiger partial charge is 0.463 e. The number of nitrogens with one attached hydrogen (secondary N) is 3. The van der Waals surface area contributed by atoms with E-state index in [0.717, 1.165) is 62.9 Å². The van der Waals surface area contributed by atoms with Crippen LogP contribution in [0.5, 0.6) is 6.01 Å². The molecule has 0 bridgehead atoms. The number of carbonyl (C=O) groups excluding carboxylic acids is 1. The van der Waals surface area contributed by atoms with E-state index in [0.29, 0.717) is 60.7 Å². The van der Waals surface area contributed by atoms with E-state index in [4.69, 9.17) is 21.1 Å². The number of hydrogen-bond donors (Lipinski definition) is 3. The van der Waals surface area contributed by atoms with Gasteiger partial charge in [-0.25, -0.2) is 4.39 Å². The third-order valence-corrected chi connectivity index (χ3v) is 9.85. The molecule has 3 saturated heterocycles. The lowest BCUT2D eigenvalue weighted by Gasteiger charge is -2.30. The average molecular weight is 650 g/mol. The van der Waals surface area contributed by atoms with Crippen molar-refractivity contribution < 1.29 is 18.7 Å². The number of nitrogens with zero attached hydrogens (tertiary/aromatic N) is 4. The van der Waals surface area contributed by atoms with Gasteiger partial charge in [0.15, 0.2) is 5.82 Å². The van der Waals surface area contributed by atoms with Gasteiger partial charge < -0.3 is 14.8 Å². The summed E-state index contributed by atoms with van der Waals surface area (Å²) >= 11 is 6.78. The summed E-state index contributed by atoms with van der Waals surface area (Å²) in [5.41, 5.74) is 2.27. The molecule has 0 spiro atoms. The van der Waals surface area contributed by atoms with Gasteiger partial charge in [0.05, 0.1) is 35.8 Å². The van der Waals surface area contributed by atoms with Crippen LogP contribution in [0.1, 0.15) is 44.1 Å². The summed E-state index contributed by atoms with van der Waals surface area (Å²) in [6.45, 7) is 8.59. The summed E-state index contributed by atoms with van der Waals surface area (Å²) in [5, 5.41) is 11.4. The van der Waals surface area contributed by atoms with Gasteiger partial charge in [-0.05, 0) is 56.7 Å². The number of ether oxygens (including phenoxy) is 2. The molecule has 0 saturated carbocycles. The Morgan fingerprint density at radius 1 is 1.22 bits per heavy atom. The third-order valence-electron chi connectivity index (χ3n) is 9.51. The minimum atomic E-state index is -0.728. The van der Waals surface area contributed by atoms with Crippen LogP contribution in [0.4, 0.5) is 4.39 Å². The van der Waals surface area contributed by atoms with Crippen LogP contribution in [-0.2, 0) is 16.0 Å². The normalized spacial score (nSPS) is 21.9. The van der Waals surface area contributed by atoms with Gasteiger partial charge in [0, 0.05) is 54.2 Å². The second-order valence-corrected chi connectivity index (χ2v) is 13.2. The molecule has 2 atom stereocenters. The summed E-state index contributed by atoms with van der Waals surface area (Å²) in [6.07, 6.45) is 8.41. The Bertz CT molecular complexity index is 1880. The smallest absolute Gasteiger partial charge is 0.297 e. The number of aromatic nitrogens is 5. The average Bonchev–Trinajstić information content (AvgIpc) is 3.73. The number of rotatable bonds is 11. The predicted molar refractivity (Wildman–Crippen MR) is 173 cm³/mol. The van der Waals surface area contributed by atoms with Crippen molar-refractivity contribution in [2.75, 3.05) is 46.0 Å². The van der Waals surface area contributed by atoms with Crippen molar-refractivity contribution in [2.45, 2.75) is 50.5 Å². The summed E-state index contributed by atoms with van der Waals surface area (Å²) in [6, 6.07) is 1.75. The Morgan fingerprint density at radius 2 is 2.11 bits per heavy atom. The van der Waals surface area contributed by atoms with Crippen LogP contribution in [0, 0.1) is 11.7 Å². The number of aromatic amines is 2. The summed E-state index contributed by atoms with van der Waals surface area (Å²) in [4.78, 5) is 38.6. The zero-order valence-electron chi connectivity index (χ0n) is 25.6. The maximum Gasteiger partial charge on any atom is 0.297 e. The van der Waals surface area contributed by atoms with Gasteiger partial charge in [0.1, 0.15) is 23.6 Å². The van der Waals surface area contributed by atoms with E-state index < -0.39 is 11.4 Å². The van der Waals surface area contributed by atoms with Crippen LogP contribution < -0.4 is 15.6 Å². The second kappa shape index (κ2) is 12.8. The zero-order chi connectivity index (χ0) is 31.8. The van der Waals surface area contributed by atoms with Crippen molar-refractivity contribution in [2.24, 2.45) is 5.92 Å². The number of piperidine rings is 1. The molecule has 3 aromatic heterocycles. The molecule has 7 rings (SSSR count). The summed E-state index contributed by atoms with van der Waals surface area (Å²) in [7, 11) is 0. The van der Waals surface area contributed by atoms with Gasteiger partial charge >= 0.3 is 0 Å². The fourth-order valence-electron chi connectivity index (χ4n) is 7.31. The van der Waals surface area contributed by atoms with Crippen LogP contribution in [-0.4, -0.2) is 87.4 Å². The topological polar surface area (TPSA) is 138 Å². The van der Waals surface area contributed by atoms with E-state index >= 15 is 4.39 Å². The lowest BCUT2D eigenvalue weighted by molar-refractivity contribution is -0.121. The minimum Gasteiger partial charge on any atom is -0.463 e. The lowest BCUT2D eigenvalue weighted by Crippen LogP contribution is -2.43. The molecule has 3 N–H and O–H groups in total. The first kappa shape index (κ1) is 30.9. The fourth-order valence-corrected chi connectivity index (χ4v) is 7.61. The van der Waals surface area contributed by atoms with Gasteiger partial charge in [-0.15, -0.1) is 0 Å². The van der Waals surface area contributed by atoms with Crippen molar-refractivity contribution in [3.63, 3.8) is 0 Å². The first-order chi connectivity index (χ1) is 22.3. The number of fused-ring (bicyclic) bond motifs is 3. The van der Waals surface area contributed by atoms with Gasteiger partial charge in [-0.1, -0.05) is 23.8 Å². The summed E-state index contributed by atoms with van der Waals surface area (Å²) in [5.74, 6) is -0.321. The summed E-state index contributed by atoms with van der Waals surface area (Å²) < 4.78 is 28.4. The van der Waals surface area contributed by atoms with Crippen molar-refractivity contribution in [1.29, 1.82) is 0 Å². The van der Waals surface area contributed by atoms with Crippen molar-refractivity contribution in [3.05, 3.63) is 57.4 Å². The molecule has 1 aromatic carbocycles. The maximum atomic E-state index is 16.5. The van der Waals surface area contributed by atoms with E-state index in [9.17, 15) is 9.59 Å². The molecule has 3 aliphatic heterocycles. The zero-order valence-corrected chi connectivity index (χ0v) is 26.3. The third kappa shape index (κ3) is 5.94. The fraction of sp³-hybridized carbons (Fsp3) is 0.485. The van der Waals surface area contributed by atoms with E-state index in [-0.39, 0.29) is 39.8 Å². The molecule has 3 fully saturated rings. The van der Waals surface area contributed by atoms with E-state index in [2.05, 4.69) is 41.9 Å². The highest BCUT2D eigenvalue weighted by Crippen LogP contribution is 2.41. The number of unbranched alkanes of at least 4 members (excludes halogenated alkanes) is 1. The Morgan fingerprint density at radius 3 is 2.98 bits per heavy atom. The predicted octanol–water partition coefficient (Wildman–Crippen LogP) is 4.35. The van der Waals surface area contributed by atoms with Gasteiger partial charge in [-0.2, -0.15) is 10.1 Å². The van der Waals surface area contributed by atoms with Gasteiger partial charge in [0.2, 0.25) is 0 Å². The Labute approximate surface area is 269 Å². The highest BCUT2D eigenvalue weighted by Gasteiger charge is 2.46. The number of Topliss-reactive ketones (excluding diaryl/α,β-unsaturated/α-hetero) is 1. The van der Waals surface area contributed by atoms with Crippen LogP contribution >= 0.6 is 11.6 Å². The number of pyridine rings is 1. The Kier molecular flexibility index (Phi) is 8.62. The minimum absolute atomic E-state index is 0.0274. The lowest BCUT2D eigenvalue weighted by atomic mass is 9.94. The van der Waals surface area contributed by atoms with E-state index in [1.165, 1.54) is 6.20 Å². The van der Waals surface area contributed by atoms with Gasteiger partial charge in [-0.3, -0.25) is 29.6 Å². The quantitative estimate of drug-likeness (QED) is 0.160. The number of hydrogen-bond acceptors (Lipinski definition) is 9. The number of H-pyrrole nitrogens is 2. The molecule has 46 heavy (non-hydrogen) atoms. The molecule has 11 nitrogen and oxygen atoms in total. The molecule has 0 aliphatic carbocycles. The van der Waals surface area contributed by atoms with Crippen LogP contribution in [0.15, 0.2) is 35.4 Å². The highest BCUT2D eigenvalue weighted by atomic mass is 35.5. The molecule has 0 radical (unpaired) electrons. The molecule has 0 amide bonds. The van der Waals surface area contributed by atoms with E-state index in [1.54, 1.807) is 12.3 Å². The van der Waals surface area contributed by atoms with Crippen LogP contribution in [0.2, 0.25) is 5.02 Å². The number of halogens is 2. The number of benzene rings is 1. The highest BCUT2D eigenvalue weighted by molar-refractivity contribution is 6.33. The Hall–Kier alpha value is -3.71. The standard InChI is InChI=1S/C33H37ClFN7O4/c1-19-11-33(6-4-7-42(33)16-19)18-46-32-39-29-24(31(44)40-32)14-37-30(28(29)35)27-22(25(34)10-26-23(27)15-38-41-26)5-2-3-8-45-17-20-9-21(43)13-36-12-20/h10,14-15,20,36H,1-9,11-13,16-18H2,(H,38,41)(H,39,40,44)/t20-,33+/m1/s1. The number of ketones is 1. The molecule has 6 heterocycles. The number of carbonyl (C=O) groups is 1. The molecular weight excluding hydrogens is 613 g/mol. The van der Waals surface area contributed by atoms with Gasteiger partial charge in [0.25, 0.3) is 11.6 Å². The molecular formula is C33H37ClFN7O4. The van der Waals surface area contributed by atoms with E-state index in [1.807, 2.05) is 0 Å². The van der Waals surface area contributed by atoms with Crippen LogP contribution in [0.3, 0.4) is 0 Å². The maximum absolute atomic E-state index is 16.5. The first-order valence-electron chi connectivity index (χ1n) is 15.9. The van der Waals surface area contributed by atoms with Crippen molar-refractivity contribution in [3.8, 4) is 17.3 Å². The molecule has 13 heteroatoms. The monoisotopic (exact) mass is 649 g/mol. The molecule has 0 unspecified atom stereocenters. The second-order valence-electron chi connectivity index (χ2n) is 12.8. The van der Waals surface area contributed by atoms with Crippen LogP contribution in [0.25, 0.3) is 33.1 Å². The Balaban J connectivity index is 1.13. The molecule has 242 valence electrons. The van der Waals surface area contributed by atoms with Crippen molar-refractivity contribution >= 4 is 39.2 Å². The van der Waals surface area contributed by atoms with Crippen molar-refractivity contribution in [1.82, 2.24) is 35.4 Å². The SMILES string of the molecule is C=C1CN2CCC[C@@]2(COc2nc3c(F)c(-c4c(CCCCOC[C@H]5CNCC(=O)C5)c(Cl)cc5[nH]ncc45)ncc3c(=O)[nH]2)C1. The molecule has 3 aliphatic rings. The molecule has 4 aromatic rings. The first-order valence-corrected chi connectivity index (χ1v) is 16.3.